The Morgan fingerprint density at radius 1 is 1.11 bits per heavy atom. The van der Waals surface area contributed by atoms with Crippen LogP contribution in [0, 0.1) is 5.92 Å². The van der Waals surface area contributed by atoms with Gasteiger partial charge in [0.2, 0.25) is 0 Å². The number of nitrogens with zero attached hydrogens (tertiary/aromatic N) is 4. The van der Waals surface area contributed by atoms with E-state index in [1.807, 2.05) is 12.1 Å². The van der Waals surface area contributed by atoms with E-state index >= 15 is 0 Å². The van der Waals surface area contributed by atoms with Crippen LogP contribution in [0.4, 0.5) is 5.69 Å². The molecule has 10 nitrogen and oxygen atoms in total. The van der Waals surface area contributed by atoms with E-state index in [1.165, 1.54) is 11.3 Å². The number of carbonyl (C=O) groups is 2. The van der Waals surface area contributed by atoms with Crippen molar-refractivity contribution in [1.29, 1.82) is 0 Å². The van der Waals surface area contributed by atoms with Crippen molar-refractivity contribution >= 4 is 28.8 Å². The van der Waals surface area contributed by atoms with Gasteiger partial charge in [-0.3, -0.25) is 19.3 Å². The first-order valence-electron chi connectivity index (χ1n) is 11.9. The van der Waals surface area contributed by atoms with E-state index in [9.17, 15) is 9.59 Å². The number of pyridine rings is 1. The smallest absolute Gasteiger partial charge is 0.275 e. The lowest BCUT2D eigenvalue weighted by atomic mass is 9.97. The number of ether oxygens (including phenoxy) is 2. The van der Waals surface area contributed by atoms with Crippen LogP contribution in [0.15, 0.2) is 29.9 Å². The van der Waals surface area contributed by atoms with Gasteiger partial charge in [-0.25, -0.2) is 4.98 Å². The van der Waals surface area contributed by atoms with Gasteiger partial charge in [0.15, 0.2) is 5.69 Å². The number of aryl methyl sites for hydroxylation is 1. The fourth-order valence-electron chi connectivity index (χ4n) is 4.19. The maximum atomic E-state index is 13.0. The maximum Gasteiger partial charge on any atom is 0.275 e. The fraction of sp³-hybridized carbons (Fsp3) is 0.458. The molecule has 35 heavy (non-hydrogen) atoms. The summed E-state index contributed by atoms with van der Waals surface area (Å²) in [6.45, 7) is 3.43. The molecule has 2 aliphatic rings. The summed E-state index contributed by atoms with van der Waals surface area (Å²) in [5.41, 5.74) is 2.62. The molecule has 2 aliphatic heterocycles. The van der Waals surface area contributed by atoms with Gasteiger partial charge < -0.3 is 20.1 Å². The highest BCUT2D eigenvalue weighted by molar-refractivity contribution is 7.13. The third kappa shape index (κ3) is 5.92. The zero-order chi connectivity index (χ0) is 24.0. The predicted octanol–water partition coefficient (Wildman–Crippen LogP) is 2.77. The summed E-state index contributed by atoms with van der Waals surface area (Å²) in [6, 6.07) is 3.84. The summed E-state index contributed by atoms with van der Waals surface area (Å²) in [5.74, 6) is -0.168. The molecule has 0 saturated carbocycles. The maximum absolute atomic E-state index is 13.0. The molecule has 5 heterocycles. The summed E-state index contributed by atoms with van der Waals surface area (Å²) >= 11 is 1.39. The third-order valence-electron chi connectivity index (χ3n) is 6.17. The number of amides is 2. The lowest BCUT2D eigenvalue weighted by molar-refractivity contribution is 0.0623. The molecule has 1 saturated heterocycles. The zero-order valence-corrected chi connectivity index (χ0v) is 20.2. The Balaban J connectivity index is 1.38. The Kier molecular flexibility index (Phi) is 7.45. The van der Waals surface area contributed by atoms with Gasteiger partial charge in [0.25, 0.3) is 11.8 Å². The Hall–Kier alpha value is -3.15. The van der Waals surface area contributed by atoms with Gasteiger partial charge in [0.05, 0.1) is 18.9 Å². The van der Waals surface area contributed by atoms with E-state index in [0.717, 1.165) is 48.7 Å². The number of thiazole rings is 1. The highest BCUT2D eigenvalue weighted by atomic mass is 32.1. The normalized spacial score (nSPS) is 17.8. The molecule has 184 valence electrons. The highest BCUT2D eigenvalue weighted by Crippen LogP contribution is 2.25. The standard InChI is InChI=1S/C24H28N6O4S/c31-22-20-15-35-24(28-20)17-1-6-25-18(13-17)5-11-34-12-7-26-23(32)21-19(27-22)14-30(29-21)8-2-16-3-9-33-10-4-16/h1,6,13-16H,2-5,7-12H2,(H,26,32)(H,27,31). The molecule has 2 N–H and O–H groups in total. The summed E-state index contributed by atoms with van der Waals surface area (Å²) < 4.78 is 12.9. The van der Waals surface area contributed by atoms with E-state index in [-0.39, 0.29) is 23.2 Å². The largest absolute Gasteiger partial charge is 0.381 e. The van der Waals surface area contributed by atoms with E-state index in [2.05, 4.69) is 25.7 Å². The number of anilines is 1. The number of hydrogen-bond acceptors (Lipinski definition) is 8. The van der Waals surface area contributed by atoms with Crippen LogP contribution in [0.2, 0.25) is 0 Å². The van der Waals surface area contributed by atoms with Crippen molar-refractivity contribution in [3.8, 4) is 10.6 Å². The van der Waals surface area contributed by atoms with E-state index in [1.54, 1.807) is 22.5 Å². The van der Waals surface area contributed by atoms with Crippen molar-refractivity contribution in [1.82, 2.24) is 25.1 Å². The summed E-state index contributed by atoms with van der Waals surface area (Å²) in [4.78, 5) is 34.8. The van der Waals surface area contributed by atoms with Gasteiger partial charge in [0.1, 0.15) is 10.7 Å². The van der Waals surface area contributed by atoms with Crippen molar-refractivity contribution in [3.63, 3.8) is 0 Å². The SMILES string of the molecule is O=C1Nc2cn(CCC3CCOCC3)nc2C(=O)NCCOCCc2cc(ccn2)-c2nc1cs2. The minimum absolute atomic E-state index is 0.181. The van der Waals surface area contributed by atoms with Crippen molar-refractivity contribution in [2.24, 2.45) is 5.92 Å². The number of fused-ring (bicyclic) bond motifs is 6. The highest BCUT2D eigenvalue weighted by Gasteiger charge is 2.22. The lowest BCUT2D eigenvalue weighted by Crippen LogP contribution is -2.29. The van der Waals surface area contributed by atoms with Crippen LogP contribution in [0.3, 0.4) is 0 Å². The zero-order valence-electron chi connectivity index (χ0n) is 19.4. The van der Waals surface area contributed by atoms with Crippen LogP contribution in [0.25, 0.3) is 10.6 Å². The summed E-state index contributed by atoms with van der Waals surface area (Å²) in [6.07, 6.45) is 7.10. The monoisotopic (exact) mass is 496 g/mol. The minimum Gasteiger partial charge on any atom is -0.381 e. The molecular formula is C24H28N6O4S. The second-order valence-electron chi connectivity index (χ2n) is 8.65. The van der Waals surface area contributed by atoms with Crippen LogP contribution < -0.4 is 10.6 Å². The van der Waals surface area contributed by atoms with Gasteiger partial charge >= 0.3 is 0 Å². The van der Waals surface area contributed by atoms with Crippen molar-refractivity contribution < 1.29 is 19.1 Å². The van der Waals surface area contributed by atoms with Crippen molar-refractivity contribution in [2.75, 3.05) is 38.3 Å². The number of nitrogens with one attached hydrogen (secondary N) is 2. The summed E-state index contributed by atoms with van der Waals surface area (Å²) in [5, 5.41) is 12.6. The first-order chi connectivity index (χ1) is 17.2. The van der Waals surface area contributed by atoms with E-state index in [0.29, 0.717) is 44.3 Å². The molecule has 0 aliphatic carbocycles. The van der Waals surface area contributed by atoms with Gasteiger partial charge in [0, 0.05) is 61.8 Å². The molecule has 4 bridgehead atoms. The Bertz CT molecular complexity index is 1190. The molecule has 0 aromatic carbocycles. The average molecular weight is 497 g/mol. The van der Waals surface area contributed by atoms with Gasteiger partial charge in [-0.2, -0.15) is 5.10 Å². The second kappa shape index (κ2) is 11.1. The average Bonchev–Trinajstić information content (AvgIpc) is 3.53. The molecule has 5 rings (SSSR count). The molecular weight excluding hydrogens is 468 g/mol. The van der Waals surface area contributed by atoms with Crippen molar-refractivity contribution in [3.05, 3.63) is 47.0 Å². The molecule has 11 heteroatoms. The van der Waals surface area contributed by atoms with Crippen LogP contribution in [0.1, 0.15) is 45.9 Å². The second-order valence-corrected chi connectivity index (χ2v) is 9.50. The topological polar surface area (TPSA) is 120 Å². The first-order valence-corrected chi connectivity index (χ1v) is 12.8. The Morgan fingerprint density at radius 2 is 1.97 bits per heavy atom. The van der Waals surface area contributed by atoms with Crippen LogP contribution >= 0.6 is 11.3 Å². The van der Waals surface area contributed by atoms with Crippen LogP contribution in [-0.4, -0.2) is 64.5 Å². The molecule has 0 radical (unpaired) electrons. The Labute approximate surface area is 207 Å². The molecule has 0 unspecified atom stereocenters. The third-order valence-corrected chi connectivity index (χ3v) is 7.06. The molecule has 0 atom stereocenters. The molecule has 2 amide bonds. The van der Waals surface area contributed by atoms with Gasteiger partial charge in [-0.05, 0) is 37.3 Å². The van der Waals surface area contributed by atoms with Gasteiger partial charge in [-0.15, -0.1) is 11.3 Å². The Morgan fingerprint density at radius 3 is 2.86 bits per heavy atom. The van der Waals surface area contributed by atoms with Crippen LogP contribution in [-0.2, 0) is 22.4 Å². The quantitative estimate of drug-likeness (QED) is 0.572. The molecule has 3 aromatic rings. The predicted molar refractivity (Wildman–Crippen MR) is 131 cm³/mol. The molecule has 3 aromatic heterocycles. The number of rotatable bonds is 3. The number of carbonyl (C=O) groups excluding carboxylic acids is 2. The molecule has 0 spiro atoms. The van der Waals surface area contributed by atoms with E-state index in [4.69, 9.17) is 9.47 Å². The number of hydrogen-bond donors (Lipinski definition) is 2. The summed E-state index contributed by atoms with van der Waals surface area (Å²) in [7, 11) is 0. The first kappa shape index (κ1) is 23.6. The van der Waals surface area contributed by atoms with Gasteiger partial charge in [-0.1, -0.05) is 0 Å². The number of aromatic nitrogens is 4. The van der Waals surface area contributed by atoms with Crippen molar-refractivity contribution in [2.45, 2.75) is 32.2 Å². The fourth-order valence-corrected chi connectivity index (χ4v) is 4.99. The minimum atomic E-state index is -0.382. The van der Waals surface area contributed by atoms with Crippen LogP contribution in [0.5, 0.6) is 0 Å². The van der Waals surface area contributed by atoms with E-state index < -0.39 is 0 Å². The molecule has 1 fully saturated rings. The lowest BCUT2D eigenvalue weighted by Gasteiger charge is -2.21.